The maximum absolute atomic E-state index is 9.84. The third-order valence-corrected chi connectivity index (χ3v) is 3.07. The Morgan fingerprint density at radius 1 is 1.47 bits per heavy atom. The van der Waals surface area contributed by atoms with Crippen LogP contribution in [0.3, 0.4) is 0 Å². The number of aliphatic hydroxyl groups is 1. The standard InChI is InChI=1S/C12H14BrNO/c1-2-5-12(15)10(8-14)9-6-3-4-7-11(9)13/h3-4,6-7,10,12,15H,2,5H2,1H3. The fraction of sp³-hybridized carbons (Fsp3) is 0.417. The number of nitrogens with zero attached hydrogens (tertiary/aromatic N) is 1. The van der Waals surface area contributed by atoms with Crippen molar-refractivity contribution >= 4 is 15.9 Å². The summed E-state index contributed by atoms with van der Waals surface area (Å²) < 4.78 is 0.881. The van der Waals surface area contributed by atoms with Crippen LogP contribution in [0.1, 0.15) is 31.2 Å². The van der Waals surface area contributed by atoms with E-state index in [4.69, 9.17) is 5.26 Å². The first-order valence-corrected chi connectivity index (χ1v) is 5.82. The van der Waals surface area contributed by atoms with Crippen LogP contribution in [-0.4, -0.2) is 11.2 Å². The number of rotatable bonds is 4. The van der Waals surface area contributed by atoms with Gasteiger partial charge in [-0.3, -0.25) is 0 Å². The van der Waals surface area contributed by atoms with Crippen molar-refractivity contribution in [2.45, 2.75) is 31.8 Å². The molecule has 0 radical (unpaired) electrons. The maximum Gasteiger partial charge on any atom is 0.0982 e. The second-order valence-electron chi connectivity index (χ2n) is 3.48. The first kappa shape index (κ1) is 12.2. The number of aliphatic hydroxyl groups excluding tert-OH is 1. The molecule has 1 aromatic carbocycles. The van der Waals surface area contributed by atoms with Gasteiger partial charge >= 0.3 is 0 Å². The molecule has 2 unspecified atom stereocenters. The first-order valence-electron chi connectivity index (χ1n) is 5.02. The van der Waals surface area contributed by atoms with Crippen molar-refractivity contribution in [2.24, 2.45) is 0 Å². The lowest BCUT2D eigenvalue weighted by Crippen LogP contribution is -2.17. The molecule has 0 aliphatic carbocycles. The van der Waals surface area contributed by atoms with E-state index in [1.807, 2.05) is 31.2 Å². The summed E-state index contributed by atoms with van der Waals surface area (Å²) in [5.41, 5.74) is 0.862. The smallest absolute Gasteiger partial charge is 0.0982 e. The van der Waals surface area contributed by atoms with Crippen LogP contribution in [0.2, 0.25) is 0 Å². The Balaban J connectivity index is 2.94. The fourth-order valence-electron chi connectivity index (χ4n) is 1.55. The van der Waals surface area contributed by atoms with Crippen molar-refractivity contribution in [3.8, 4) is 6.07 Å². The summed E-state index contributed by atoms with van der Waals surface area (Å²) in [5.74, 6) is -0.444. The maximum atomic E-state index is 9.84. The molecule has 80 valence electrons. The van der Waals surface area contributed by atoms with Gasteiger partial charge in [-0.25, -0.2) is 0 Å². The molecular weight excluding hydrogens is 254 g/mol. The minimum atomic E-state index is -0.585. The molecule has 2 nitrogen and oxygen atoms in total. The van der Waals surface area contributed by atoms with Gasteiger partial charge < -0.3 is 5.11 Å². The Labute approximate surface area is 98.7 Å². The zero-order valence-corrected chi connectivity index (χ0v) is 10.2. The molecule has 0 spiro atoms. The van der Waals surface area contributed by atoms with E-state index < -0.39 is 12.0 Å². The predicted molar refractivity (Wildman–Crippen MR) is 63.4 cm³/mol. The summed E-state index contributed by atoms with van der Waals surface area (Å²) in [6, 6.07) is 9.70. The Morgan fingerprint density at radius 3 is 2.67 bits per heavy atom. The van der Waals surface area contributed by atoms with Gasteiger partial charge in [-0.2, -0.15) is 5.26 Å². The first-order chi connectivity index (χ1) is 7.20. The minimum absolute atomic E-state index is 0.444. The molecule has 0 heterocycles. The molecule has 0 saturated heterocycles. The fourth-order valence-corrected chi connectivity index (χ4v) is 2.08. The molecule has 0 amide bonds. The van der Waals surface area contributed by atoms with Crippen molar-refractivity contribution < 1.29 is 5.11 Å². The van der Waals surface area contributed by atoms with Gasteiger partial charge in [-0.05, 0) is 18.1 Å². The minimum Gasteiger partial charge on any atom is -0.391 e. The summed E-state index contributed by atoms with van der Waals surface area (Å²) in [6.45, 7) is 2.00. The summed E-state index contributed by atoms with van der Waals surface area (Å²) in [7, 11) is 0. The monoisotopic (exact) mass is 267 g/mol. The van der Waals surface area contributed by atoms with Gasteiger partial charge in [0.25, 0.3) is 0 Å². The van der Waals surface area contributed by atoms with Crippen LogP contribution in [0.15, 0.2) is 28.7 Å². The van der Waals surface area contributed by atoms with E-state index in [0.29, 0.717) is 6.42 Å². The lowest BCUT2D eigenvalue weighted by Gasteiger charge is -2.17. The van der Waals surface area contributed by atoms with E-state index in [9.17, 15) is 5.11 Å². The Morgan fingerprint density at radius 2 is 2.13 bits per heavy atom. The number of halogens is 1. The van der Waals surface area contributed by atoms with Gasteiger partial charge in [0.15, 0.2) is 0 Å². The average Bonchev–Trinajstić information content (AvgIpc) is 2.22. The van der Waals surface area contributed by atoms with E-state index in [1.165, 1.54) is 0 Å². The van der Waals surface area contributed by atoms with Crippen LogP contribution in [0.5, 0.6) is 0 Å². The highest BCUT2D eigenvalue weighted by Gasteiger charge is 2.21. The van der Waals surface area contributed by atoms with Crippen LogP contribution < -0.4 is 0 Å². The molecule has 0 saturated carbocycles. The molecule has 1 rings (SSSR count). The van der Waals surface area contributed by atoms with Gasteiger partial charge in [0.05, 0.1) is 18.1 Å². The zero-order valence-electron chi connectivity index (χ0n) is 8.65. The lowest BCUT2D eigenvalue weighted by molar-refractivity contribution is 0.150. The number of hydrogen-bond donors (Lipinski definition) is 1. The third kappa shape index (κ3) is 3.05. The lowest BCUT2D eigenvalue weighted by atomic mass is 9.92. The van der Waals surface area contributed by atoms with Gasteiger partial charge in [-0.1, -0.05) is 47.5 Å². The molecule has 15 heavy (non-hydrogen) atoms. The summed E-state index contributed by atoms with van der Waals surface area (Å²) in [5, 5.41) is 18.9. The van der Waals surface area contributed by atoms with Crippen molar-refractivity contribution in [1.29, 1.82) is 5.26 Å². The number of nitriles is 1. The summed E-state index contributed by atoms with van der Waals surface area (Å²) >= 11 is 3.39. The van der Waals surface area contributed by atoms with Gasteiger partial charge in [0, 0.05) is 4.47 Å². The number of benzene rings is 1. The van der Waals surface area contributed by atoms with E-state index >= 15 is 0 Å². The van der Waals surface area contributed by atoms with Crippen molar-refractivity contribution in [3.63, 3.8) is 0 Å². The van der Waals surface area contributed by atoms with Gasteiger partial charge in [0.1, 0.15) is 0 Å². The van der Waals surface area contributed by atoms with Crippen LogP contribution >= 0.6 is 15.9 Å². The van der Waals surface area contributed by atoms with Crippen LogP contribution in [-0.2, 0) is 0 Å². The van der Waals surface area contributed by atoms with Crippen molar-refractivity contribution in [1.82, 2.24) is 0 Å². The summed E-state index contributed by atoms with van der Waals surface area (Å²) in [6.07, 6.45) is 0.947. The molecule has 0 aliphatic heterocycles. The molecule has 2 atom stereocenters. The Kier molecular flexibility index (Phi) is 4.80. The Bertz CT molecular complexity index is 359. The largest absolute Gasteiger partial charge is 0.391 e. The molecule has 0 aromatic heterocycles. The molecule has 0 aliphatic rings. The highest BCUT2D eigenvalue weighted by atomic mass is 79.9. The molecule has 0 fully saturated rings. The molecule has 3 heteroatoms. The highest BCUT2D eigenvalue weighted by molar-refractivity contribution is 9.10. The molecule has 0 bridgehead atoms. The SMILES string of the molecule is CCCC(O)C(C#N)c1ccccc1Br. The van der Waals surface area contributed by atoms with Gasteiger partial charge in [0.2, 0.25) is 0 Å². The number of hydrogen-bond acceptors (Lipinski definition) is 2. The van der Waals surface area contributed by atoms with Crippen molar-refractivity contribution in [2.75, 3.05) is 0 Å². The van der Waals surface area contributed by atoms with E-state index in [1.54, 1.807) is 0 Å². The molecule has 1 N–H and O–H groups in total. The Hall–Kier alpha value is -0.850. The second-order valence-corrected chi connectivity index (χ2v) is 4.34. The van der Waals surface area contributed by atoms with E-state index in [0.717, 1.165) is 16.5 Å². The quantitative estimate of drug-likeness (QED) is 0.911. The van der Waals surface area contributed by atoms with E-state index in [-0.39, 0.29) is 0 Å². The second kappa shape index (κ2) is 5.89. The zero-order chi connectivity index (χ0) is 11.3. The highest BCUT2D eigenvalue weighted by Crippen LogP contribution is 2.28. The average molecular weight is 268 g/mol. The van der Waals surface area contributed by atoms with E-state index in [2.05, 4.69) is 22.0 Å². The summed E-state index contributed by atoms with van der Waals surface area (Å²) in [4.78, 5) is 0. The van der Waals surface area contributed by atoms with Crippen LogP contribution in [0.4, 0.5) is 0 Å². The molecule has 1 aromatic rings. The normalized spacial score (nSPS) is 14.3. The predicted octanol–water partition coefficient (Wildman–Crippen LogP) is 3.22. The van der Waals surface area contributed by atoms with Gasteiger partial charge in [-0.15, -0.1) is 0 Å². The molecular formula is C12H14BrNO. The van der Waals surface area contributed by atoms with Crippen molar-refractivity contribution in [3.05, 3.63) is 34.3 Å². The van der Waals surface area contributed by atoms with Crippen LogP contribution in [0, 0.1) is 11.3 Å². The third-order valence-electron chi connectivity index (χ3n) is 2.35. The van der Waals surface area contributed by atoms with Crippen LogP contribution in [0.25, 0.3) is 0 Å². The topological polar surface area (TPSA) is 44.0 Å².